The van der Waals surface area contributed by atoms with Crippen molar-refractivity contribution in [3.8, 4) is 23.0 Å². The van der Waals surface area contributed by atoms with E-state index in [1.54, 1.807) is 18.9 Å². The number of ether oxygens (including phenoxy) is 4. The van der Waals surface area contributed by atoms with Crippen molar-refractivity contribution in [1.29, 1.82) is 0 Å². The summed E-state index contributed by atoms with van der Waals surface area (Å²) in [4.78, 5) is 22.8. The summed E-state index contributed by atoms with van der Waals surface area (Å²) in [7, 11) is 3.65. The third kappa shape index (κ3) is 4.10. The number of hydrogen-bond donors (Lipinski definition) is 4. The van der Waals surface area contributed by atoms with Crippen molar-refractivity contribution in [3.63, 3.8) is 0 Å². The number of likely N-dealkylation sites (N-methyl/N-ethyl adjacent to an activating group) is 1. The predicted molar refractivity (Wildman–Crippen MR) is 196 cm³/mol. The molecule has 4 bridgehead atoms. The second kappa shape index (κ2) is 11.3. The molecule has 11 nitrogen and oxygen atoms in total. The second-order valence-corrected chi connectivity index (χ2v) is 16.6. The summed E-state index contributed by atoms with van der Waals surface area (Å²) in [6, 6.07) is 7.07. The molecule has 12 heteroatoms. The zero-order valence-electron chi connectivity index (χ0n) is 30.3. The standard InChI is InChI=1S/C40H44N4O7S/c1-17-7-8-24-23(11-17)22-9-10-41-40(37(22)42-24)15-52-36-27-19(3)20(4)34-35(51-16-50-34)29(27)26(14-49-39(40)47)44-31(36)30-28-21(13-25(38(44)46)43(30)5)12-18(2)33(48-6)32(28)45/h7-8,11-12,25-26,30-31,36,38,41-42,45-46H,9-10,13-16H2,1-6H3/t25-,26-,30+,31+,36+,38-,40+/m0/s1. The van der Waals surface area contributed by atoms with Gasteiger partial charge in [0.15, 0.2) is 28.5 Å². The SMILES string of the molecule is COc1c(C)cc2c(c1O)[C@@H]1[C@@H]3[C@@H]4SC[C@]5(NCCc6c5[nH]c5ccc(C)cc65)C(=O)OC[C@@H](c5c6c(c(C)c(C)c54)OCO6)N3[C@@H](O)[C@H](C2)N1C. The zero-order chi connectivity index (χ0) is 36.0. The predicted octanol–water partition coefficient (Wildman–Crippen LogP) is 4.87. The van der Waals surface area contributed by atoms with Gasteiger partial charge in [-0.15, -0.1) is 11.8 Å². The smallest absolute Gasteiger partial charge is 0.333 e. The maximum atomic E-state index is 14.7. The number of phenolic OH excluding ortho intramolecular Hbond substituents is 1. The number of aromatic amines is 1. The number of esters is 1. The molecule has 8 heterocycles. The first-order valence-corrected chi connectivity index (χ1v) is 19.3. The Labute approximate surface area is 306 Å². The van der Waals surface area contributed by atoms with Gasteiger partial charge in [-0.2, -0.15) is 0 Å². The summed E-state index contributed by atoms with van der Waals surface area (Å²) in [5, 5.41) is 29.1. The number of H-pyrrole nitrogens is 1. The lowest BCUT2D eigenvalue weighted by atomic mass is 9.72. The third-order valence-electron chi connectivity index (χ3n) is 13.0. The minimum absolute atomic E-state index is 0.00634. The van der Waals surface area contributed by atoms with Crippen LogP contribution in [0.5, 0.6) is 23.0 Å². The van der Waals surface area contributed by atoms with Crippen LogP contribution in [-0.2, 0) is 27.9 Å². The minimum Gasteiger partial charge on any atom is -0.504 e. The fourth-order valence-corrected chi connectivity index (χ4v) is 12.3. The fourth-order valence-electron chi connectivity index (χ4n) is 10.5. The van der Waals surface area contributed by atoms with Crippen LogP contribution in [0, 0.1) is 27.7 Å². The van der Waals surface area contributed by atoms with Crippen LogP contribution in [0.2, 0.25) is 0 Å². The monoisotopic (exact) mass is 724 g/mol. The number of aromatic nitrogens is 1. The number of hydrogen-bond acceptors (Lipinski definition) is 11. The van der Waals surface area contributed by atoms with Crippen LogP contribution in [0.4, 0.5) is 0 Å². The summed E-state index contributed by atoms with van der Waals surface area (Å²) in [5.74, 6) is 2.04. The topological polar surface area (TPSA) is 129 Å². The highest BCUT2D eigenvalue weighted by atomic mass is 32.2. The van der Waals surface area contributed by atoms with E-state index in [0.29, 0.717) is 36.0 Å². The van der Waals surface area contributed by atoms with E-state index in [2.05, 4.69) is 72.2 Å². The van der Waals surface area contributed by atoms with Crippen molar-refractivity contribution >= 4 is 28.6 Å². The molecule has 7 aliphatic heterocycles. The van der Waals surface area contributed by atoms with Crippen LogP contribution in [0.15, 0.2) is 24.3 Å². The van der Waals surface area contributed by atoms with Gasteiger partial charge in [0.2, 0.25) is 6.79 Å². The van der Waals surface area contributed by atoms with Gasteiger partial charge in [0.1, 0.15) is 12.8 Å². The Morgan fingerprint density at radius 2 is 1.85 bits per heavy atom. The van der Waals surface area contributed by atoms with Gasteiger partial charge in [-0.1, -0.05) is 17.7 Å². The zero-order valence-corrected chi connectivity index (χ0v) is 31.1. The first kappa shape index (κ1) is 32.7. The first-order valence-electron chi connectivity index (χ1n) is 18.2. The number of phenols is 1. The van der Waals surface area contributed by atoms with Crippen LogP contribution >= 0.6 is 11.8 Å². The van der Waals surface area contributed by atoms with Gasteiger partial charge in [-0.25, -0.2) is 4.79 Å². The lowest BCUT2D eigenvalue weighted by molar-refractivity contribution is -0.186. The number of aryl methyl sites for hydroxylation is 2. The van der Waals surface area contributed by atoms with Gasteiger partial charge in [-0.3, -0.25) is 15.1 Å². The molecular formula is C40H44N4O7S. The second-order valence-electron chi connectivity index (χ2n) is 15.5. The van der Waals surface area contributed by atoms with Gasteiger partial charge in [0.05, 0.1) is 30.9 Å². The first-order chi connectivity index (χ1) is 25.1. The van der Waals surface area contributed by atoms with E-state index in [-0.39, 0.29) is 48.5 Å². The molecule has 1 aromatic heterocycles. The van der Waals surface area contributed by atoms with E-state index in [1.165, 1.54) is 5.56 Å². The molecular weight excluding hydrogens is 681 g/mol. The van der Waals surface area contributed by atoms with Crippen LogP contribution in [-0.4, -0.2) is 89.1 Å². The lowest BCUT2D eigenvalue weighted by Gasteiger charge is -2.62. The molecule has 2 fully saturated rings. The van der Waals surface area contributed by atoms with Crippen LogP contribution in [0.3, 0.4) is 0 Å². The molecule has 4 N–H and O–H groups in total. The van der Waals surface area contributed by atoms with Gasteiger partial charge in [-0.05, 0) is 93.1 Å². The molecule has 2 saturated heterocycles. The van der Waals surface area contributed by atoms with Gasteiger partial charge in [0.25, 0.3) is 0 Å². The summed E-state index contributed by atoms with van der Waals surface area (Å²) < 4.78 is 24.6. The number of fused-ring (bicyclic) bond motifs is 11. The van der Waals surface area contributed by atoms with E-state index in [0.717, 1.165) is 67.5 Å². The molecule has 52 heavy (non-hydrogen) atoms. The highest BCUT2D eigenvalue weighted by Gasteiger charge is 2.61. The molecule has 7 aliphatic rings. The number of carbonyl (C=O) groups excluding carboxylic acids is 1. The van der Waals surface area contributed by atoms with Crippen molar-refractivity contribution in [2.75, 3.05) is 39.9 Å². The molecule has 272 valence electrons. The third-order valence-corrected chi connectivity index (χ3v) is 14.5. The minimum atomic E-state index is -1.12. The maximum Gasteiger partial charge on any atom is 0.333 e. The normalized spacial score (nSPS) is 30.5. The average molecular weight is 725 g/mol. The van der Waals surface area contributed by atoms with E-state index in [9.17, 15) is 15.0 Å². The molecule has 0 unspecified atom stereocenters. The summed E-state index contributed by atoms with van der Waals surface area (Å²) in [5.41, 5.74) is 9.94. The number of aliphatic hydroxyl groups is 1. The van der Waals surface area contributed by atoms with Crippen molar-refractivity contribution in [3.05, 3.63) is 80.0 Å². The summed E-state index contributed by atoms with van der Waals surface area (Å²) >= 11 is 1.71. The number of rotatable bonds is 1. The number of benzene rings is 3. The number of carbonyl (C=O) groups is 1. The average Bonchev–Trinajstić information content (AvgIpc) is 3.76. The molecule has 0 aliphatic carbocycles. The van der Waals surface area contributed by atoms with Crippen molar-refractivity contribution < 1.29 is 34.0 Å². The Morgan fingerprint density at radius 3 is 2.65 bits per heavy atom. The largest absolute Gasteiger partial charge is 0.504 e. The molecule has 0 saturated carbocycles. The number of aromatic hydroxyl groups is 1. The summed E-state index contributed by atoms with van der Waals surface area (Å²) in [6.45, 7) is 9.01. The number of methoxy groups -OCH3 is 1. The Hall–Kier alpha value is -3.94. The maximum absolute atomic E-state index is 14.7. The Balaban J connectivity index is 1.22. The lowest BCUT2D eigenvalue weighted by Crippen LogP contribution is -2.70. The molecule has 0 radical (unpaired) electrons. The van der Waals surface area contributed by atoms with E-state index >= 15 is 0 Å². The van der Waals surface area contributed by atoms with Crippen LogP contribution in [0.25, 0.3) is 10.9 Å². The molecule has 1 spiro atoms. The molecule has 3 aromatic carbocycles. The number of piperazine rings is 1. The fraction of sp³-hybridized carbons (Fsp3) is 0.475. The number of nitrogens with one attached hydrogen (secondary N) is 2. The molecule has 0 amide bonds. The quantitative estimate of drug-likeness (QED) is 0.201. The Kier molecular flexibility index (Phi) is 7.09. The number of thioether (sulfide) groups is 1. The van der Waals surface area contributed by atoms with Gasteiger partial charge < -0.3 is 34.1 Å². The van der Waals surface area contributed by atoms with E-state index in [1.807, 2.05) is 6.92 Å². The van der Waals surface area contributed by atoms with Gasteiger partial charge >= 0.3 is 5.97 Å². The highest BCUT2D eigenvalue weighted by Crippen LogP contribution is 2.63. The number of aliphatic hydroxyl groups excluding tert-OH is 1. The van der Waals surface area contributed by atoms with Crippen molar-refractivity contribution in [1.82, 2.24) is 20.1 Å². The Bertz CT molecular complexity index is 2220. The van der Waals surface area contributed by atoms with Crippen molar-refractivity contribution in [2.45, 2.75) is 81.7 Å². The molecule has 4 aromatic rings. The highest BCUT2D eigenvalue weighted by molar-refractivity contribution is 7.99. The summed E-state index contributed by atoms with van der Waals surface area (Å²) in [6.07, 6.45) is 0.444. The molecule has 7 atom stereocenters. The van der Waals surface area contributed by atoms with Gasteiger partial charge in [0, 0.05) is 45.6 Å². The van der Waals surface area contributed by atoms with E-state index < -0.39 is 17.8 Å². The Morgan fingerprint density at radius 1 is 1.04 bits per heavy atom. The van der Waals surface area contributed by atoms with Crippen molar-refractivity contribution in [2.24, 2.45) is 0 Å². The van der Waals surface area contributed by atoms with Crippen LogP contribution < -0.4 is 19.5 Å². The van der Waals surface area contributed by atoms with Crippen LogP contribution in [0.1, 0.15) is 73.1 Å². The number of nitrogens with zero attached hydrogens (tertiary/aromatic N) is 2. The molecule has 11 rings (SSSR count). The van der Waals surface area contributed by atoms with E-state index in [4.69, 9.17) is 18.9 Å².